The van der Waals surface area contributed by atoms with Crippen LogP contribution in [-0.4, -0.2) is 38.2 Å². The Kier molecular flexibility index (Phi) is 5.19. The molecule has 0 amide bonds. The van der Waals surface area contributed by atoms with Gasteiger partial charge in [-0.25, -0.2) is 9.59 Å². The highest BCUT2D eigenvalue weighted by Crippen LogP contribution is 2.34. The van der Waals surface area contributed by atoms with Crippen LogP contribution in [0.3, 0.4) is 0 Å². The van der Waals surface area contributed by atoms with Crippen LogP contribution >= 0.6 is 0 Å². The third-order valence-corrected chi connectivity index (χ3v) is 4.96. The van der Waals surface area contributed by atoms with Gasteiger partial charge in [-0.2, -0.15) is 0 Å². The summed E-state index contributed by atoms with van der Waals surface area (Å²) in [5, 5.41) is 38.3. The van der Waals surface area contributed by atoms with Gasteiger partial charge in [0.1, 0.15) is 0 Å². The van der Waals surface area contributed by atoms with Crippen molar-refractivity contribution in [1.29, 1.82) is 0 Å². The summed E-state index contributed by atoms with van der Waals surface area (Å²) in [5.41, 5.74) is 1.49. The van der Waals surface area contributed by atoms with Gasteiger partial charge in [-0.1, -0.05) is 30.3 Å². The second kappa shape index (κ2) is 7.99. The Morgan fingerprint density at radius 1 is 0.719 bits per heavy atom. The van der Waals surface area contributed by atoms with Gasteiger partial charge in [-0.3, -0.25) is 0 Å². The monoisotopic (exact) mass is 434 g/mol. The molecular weight excluding hydrogens is 416 g/mol. The first kappa shape index (κ1) is 20.8. The number of phenols is 4. The first-order valence-corrected chi connectivity index (χ1v) is 9.54. The summed E-state index contributed by atoms with van der Waals surface area (Å²) in [6, 6.07) is 14.1. The third kappa shape index (κ3) is 4.06. The number of fused-ring (bicyclic) bond motifs is 1. The van der Waals surface area contributed by atoms with Crippen LogP contribution in [-0.2, 0) is 15.9 Å². The van der Waals surface area contributed by atoms with Crippen LogP contribution in [0.5, 0.6) is 23.0 Å². The van der Waals surface area contributed by atoms with Gasteiger partial charge in [0.15, 0.2) is 23.0 Å². The minimum Gasteiger partial charge on any atom is -0.504 e. The van der Waals surface area contributed by atoms with Crippen molar-refractivity contribution in [3.8, 4) is 23.0 Å². The van der Waals surface area contributed by atoms with E-state index in [9.17, 15) is 30.0 Å². The molecule has 3 aromatic rings. The summed E-state index contributed by atoms with van der Waals surface area (Å²) >= 11 is 0. The van der Waals surface area contributed by atoms with Gasteiger partial charge >= 0.3 is 11.9 Å². The average Bonchev–Trinajstić information content (AvgIpc) is 2.77. The smallest absolute Gasteiger partial charge is 0.341 e. The molecule has 4 rings (SSSR count). The number of carbonyl (C=O) groups is 2. The second-order valence-electron chi connectivity index (χ2n) is 7.21. The highest BCUT2D eigenvalue weighted by Gasteiger charge is 2.40. The topological polar surface area (TPSA) is 134 Å². The molecule has 8 nitrogen and oxygen atoms in total. The fourth-order valence-corrected chi connectivity index (χ4v) is 3.29. The summed E-state index contributed by atoms with van der Waals surface area (Å²) in [7, 11) is 0. The van der Waals surface area contributed by atoms with Gasteiger partial charge in [0.2, 0.25) is 0 Å². The van der Waals surface area contributed by atoms with Gasteiger partial charge < -0.3 is 29.9 Å². The van der Waals surface area contributed by atoms with Crippen LogP contribution in [0, 0.1) is 0 Å². The lowest BCUT2D eigenvalue weighted by Crippen LogP contribution is -2.42. The molecule has 0 unspecified atom stereocenters. The molecule has 0 saturated heterocycles. The minimum atomic E-state index is -1.82. The van der Waals surface area contributed by atoms with Gasteiger partial charge in [0, 0.05) is 6.08 Å². The van der Waals surface area contributed by atoms with E-state index in [1.165, 1.54) is 18.2 Å². The van der Waals surface area contributed by atoms with E-state index < -0.39 is 40.7 Å². The van der Waals surface area contributed by atoms with Gasteiger partial charge in [0.25, 0.3) is 5.79 Å². The maximum absolute atomic E-state index is 12.8. The van der Waals surface area contributed by atoms with Gasteiger partial charge in [-0.15, -0.1) is 0 Å². The van der Waals surface area contributed by atoms with Crippen molar-refractivity contribution in [3.05, 3.63) is 89.0 Å². The molecule has 162 valence electrons. The molecule has 32 heavy (non-hydrogen) atoms. The van der Waals surface area contributed by atoms with Crippen molar-refractivity contribution in [1.82, 2.24) is 0 Å². The van der Waals surface area contributed by atoms with Crippen LogP contribution in [0.15, 0.2) is 66.7 Å². The van der Waals surface area contributed by atoms with Gasteiger partial charge in [-0.05, 0) is 47.5 Å². The predicted octanol–water partition coefficient (Wildman–Crippen LogP) is 3.49. The molecule has 1 aliphatic rings. The van der Waals surface area contributed by atoms with Crippen molar-refractivity contribution in [3.63, 3.8) is 0 Å². The SMILES string of the molecule is O=C(OC1(OC(=O)c2ccc(O)c(O)c2)C=Cc2ccccc2C1)c1ccc(O)c(O)c1. The lowest BCUT2D eigenvalue weighted by atomic mass is 9.93. The molecule has 0 spiro atoms. The zero-order valence-corrected chi connectivity index (χ0v) is 16.6. The Bertz CT molecular complexity index is 1180. The van der Waals surface area contributed by atoms with E-state index in [1.54, 1.807) is 18.2 Å². The Hall–Kier alpha value is -4.46. The summed E-state index contributed by atoms with van der Waals surface area (Å²) in [6.07, 6.45) is 3.11. The minimum absolute atomic E-state index is 0.0191. The van der Waals surface area contributed by atoms with E-state index in [-0.39, 0.29) is 17.5 Å². The molecule has 0 aliphatic heterocycles. The van der Waals surface area contributed by atoms with E-state index in [0.29, 0.717) is 0 Å². The second-order valence-corrected chi connectivity index (χ2v) is 7.21. The molecule has 0 radical (unpaired) electrons. The van der Waals surface area contributed by atoms with Crippen LogP contribution in [0.1, 0.15) is 31.8 Å². The number of esters is 2. The fourth-order valence-electron chi connectivity index (χ4n) is 3.29. The Labute approximate surface area is 182 Å². The Morgan fingerprint density at radius 3 is 1.78 bits per heavy atom. The highest BCUT2D eigenvalue weighted by atomic mass is 16.7. The van der Waals surface area contributed by atoms with Crippen LogP contribution < -0.4 is 0 Å². The number of carbonyl (C=O) groups excluding carboxylic acids is 2. The van der Waals surface area contributed by atoms with Crippen molar-refractivity contribution < 1.29 is 39.5 Å². The lowest BCUT2D eigenvalue weighted by molar-refractivity contribution is -0.134. The number of phenolic OH excluding ortho intramolecular Hbond substituents is 4. The predicted molar refractivity (Wildman–Crippen MR) is 112 cm³/mol. The maximum atomic E-state index is 12.8. The molecule has 8 heteroatoms. The Balaban J connectivity index is 1.67. The summed E-state index contributed by atoms with van der Waals surface area (Å²) in [5.74, 6) is -5.42. The van der Waals surface area contributed by atoms with Crippen LogP contribution in [0.25, 0.3) is 6.08 Å². The van der Waals surface area contributed by atoms with Crippen molar-refractivity contribution >= 4 is 18.0 Å². The molecule has 0 bridgehead atoms. The highest BCUT2D eigenvalue weighted by molar-refractivity contribution is 5.92. The number of rotatable bonds is 4. The van der Waals surface area contributed by atoms with Gasteiger partial charge in [0.05, 0.1) is 17.5 Å². The number of ether oxygens (including phenoxy) is 2. The van der Waals surface area contributed by atoms with E-state index >= 15 is 0 Å². The Morgan fingerprint density at radius 2 is 1.25 bits per heavy atom. The number of benzene rings is 3. The van der Waals surface area contributed by atoms with E-state index in [0.717, 1.165) is 35.4 Å². The summed E-state index contributed by atoms with van der Waals surface area (Å²) < 4.78 is 11.2. The van der Waals surface area contributed by atoms with E-state index in [1.807, 2.05) is 12.1 Å². The first-order chi connectivity index (χ1) is 15.3. The first-order valence-electron chi connectivity index (χ1n) is 9.54. The summed E-state index contributed by atoms with van der Waals surface area (Å²) in [6.45, 7) is 0. The molecular formula is C24H18O8. The molecule has 3 aromatic carbocycles. The summed E-state index contributed by atoms with van der Waals surface area (Å²) in [4.78, 5) is 25.6. The van der Waals surface area contributed by atoms with Crippen molar-refractivity contribution in [2.45, 2.75) is 12.2 Å². The molecule has 1 aliphatic carbocycles. The number of hydrogen-bond donors (Lipinski definition) is 4. The quantitative estimate of drug-likeness (QED) is 0.279. The van der Waals surface area contributed by atoms with Crippen molar-refractivity contribution in [2.24, 2.45) is 0 Å². The lowest BCUT2D eigenvalue weighted by Gasteiger charge is -2.33. The zero-order valence-electron chi connectivity index (χ0n) is 16.6. The molecule has 0 aromatic heterocycles. The standard InChI is InChI=1S/C24H18O8/c25-18-7-5-15(11-20(18)27)22(29)31-24(10-9-14-3-1-2-4-17(14)13-24)32-23(30)16-6-8-19(26)21(28)12-16/h1-12,25-28H,13H2. The number of hydrogen-bond acceptors (Lipinski definition) is 8. The van der Waals surface area contributed by atoms with E-state index in [4.69, 9.17) is 9.47 Å². The van der Waals surface area contributed by atoms with Crippen LogP contribution in [0.4, 0.5) is 0 Å². The van der Waals surface area contributed by atoms with Crippen molar-refractivity contribution in [2.75, 3.05) is 0 Å². The average molecular weight is 434 g/mol. The van der Waals surface area contributed by atoms with E-state index in [2.05, 4.69) is 0 Å². The molecule has 0 heterocycles. The molecule has 0 fully saturated rings. The third-order valence-electron chi connectivity index (χ3n) is 4.96. The molecule has 4 N–H and O–H groups in total. The van der Waals surface area contributed by atoms with Crippen LogP contribution in [0.2, 0.25) is 0 Å². The largest absolute Gasteiger partial charge is 0.504 e. The number of aromatic hydroxyl groups is 4. The normalized spacial score (nSPS) is 13.8. The molecule has 0 saturated carbocycles. The molecule has 0 atom stereocenters. The maximum Gasteiger partial charge on any atom is 0.341 e. The fraction of sp³-hybridized carbons (Fsp3) is 0.0833. The zero-order chi connectivity index (χ0) is 22.9.